The monoisotopic (exact) mass is 281 g/mol. The molecule has 1 aromatic heterocycles. The molecule has 0 bridgehead atoms. The number of aryl methyl sites for hydroxylation is 1. The van der Waals surface area contributed by atoms with Crippen molar-refractivity contribution in [2.45, 2.75) is 32.9 Å². The highest BCUT2D eigenvalue weighted by atomic mass is 79.9. The van der Waals surface area contributed by atoms with E-state index in [0.29, 0.717) is 0 Å². The Kier molecular flexibility index (Phi) is 3.30. The molecule has 1 aromatic carbocycles. The van der Waals surface area contributed by atoms with Crippen molar-refractivity contribution in [2.75, 3.05) is 0 Å². The molecular weight excluding hydrogens is 266 g/mol. The number of fused-ring (bicyclic) bond motifs is 1. The van der Waals surface area contributed by atoms with Crippen LogP contribution < -0.4 is 5.73 Å². The lowest BCUT2D eigenvalue weighted by Gasteiger charge is -2.08. The van der Waals surface area contributed by atoms with Gasteiger partial charge in [0, 0.05) is 18.0 Å². The Morgan fingerprint density at radius 1 is 1.50 bits per heavy atom. The average molecular weight is 282 g/mol. The lowest BCUT2D eigenvalue weighted by atomic mass is 10.0. The van der Waals surface area contributed by atoms with Crippen molar-refractivity contribution in [3.8, 4) is 0 Å². The van der Waals surface area contributed by atoms with Crippen molar-refractivity contribution in [2.24, 2.45) is 5.73 Å². The Labute approximate surface area is 104 Å². The van der Waals surface area contributed by atoms with Gasteiger partial charge in [0.15, 0.2) is 0 Å². The summed E-state index contributed by atoms with van der Waals surface area (Å²) in [5.41, 5.74) is 8.35. The molecule has 1 unspecified atom stereocenters. The number of hydrogen-bond donors (Lipinski definition) is 1. The van der Waals surface area contributed by atoms with Gasteiger partial charge in [-0.05, 0) is 41.8 Å². The molecule has 0 aliphatic heterocycles. The summed E-state index contributed by atoms with van der Waals surface area (Å²) in [5, 5.41) is 5.64. The molecule has 0 radical (unpaired) electrons. The number of hydrogen-bond acceptors (Lipinski definition) is 2. The quantitative estimate of drug-likeness (QED) is 0.940. The Morgan fingerprint density at radius 3 is 2.88 bits per heavy atom. The fraction of sp³-hybridized carbons (Fsp3) is 0.417. The van der Waals surface area contributed by atoms with Gasteiger partial charge >= 0.3 is 0 Å². The molecular formula is C12H16BrN3. The number of rotatable bonds is 3. The van der Waals surface area contributed by atoms with Crippen molar-refractivity contribution in [1.29, 1.82) is 0 Å². The van der Waals surface area contributed by atoms with Crippen molar-refractivity contribution in [3.63, 3.8) is 0 Å². The highest BCUT2D eigenvalue weighted by molar-refractivity contribution is 9.10. The molecule has 0 fully saturated rings. The number of halogens is 1. The standard InChI is InChI=1S/C12H16BrN3/c1-3-16-11-9(7-8(2)14)5-4-6-10(11)12(13)15-16/h4-6,8H,3,7,14H2,1-2H3. The first-order valence-electron chi connectivity index (χ1n) is 5.53. The zero-order valence-corrected chi connectivity index (χ0v) is 11.2. The highest BCUT2D eigenvalue weighted by Gasteiger charge is 2.11. The van der Waals surface area contributed by atoms with E-state index in [1.165, 1.54) is 16.5 Å². The Morgan fingerprint density at radius 2 is 2.25 bits per heavy atom. The van der Waals surface area contributed by atoms with Crippen LogP contribution in [0.25, 0.3) is 10.9 Å². The van der Waals surface area contributed by atoms with Crippen LogP contribution in [0, 0.1) is 0 Å². The average Bonchev–Trinajstić information content (AvgIpc) is 2.56. The molecule has 2 aromatic rings. The van der Waals surface area contributed by atoms with Gasteiger partial charge in [-0.25, -0.2) is 0 Å². The van der Waals surface area contributed by atoms with Gasteiger partial charge in [0.05, 0.1) is 5.52 Å². The van der Waals surface area contributed by atoms with E-state index in [1.807, 2.05) is 11.6 Å². The first kappa shape index (κ1) is 11.6. The second-order valence-electron chi connectivity index (χ2n) is 4.10. The molecule has 0 saturated heterocycles. The van der Waals surface area contributed by atoms with Gasteiger partial charge in [0.2, 0.25) is 0 Å². The Balaban J connectivity index is 2.64. The van der Waals surface area contributed by atoms with Gasteiger partial charge in [0.25, 0.3) is 0 Å². The third-order valence-electron chi connectivity index (χ3n) is 2.65. The fourth-order valence-corrected chi connectivity index (χ4v) is 2.52. The van der Waals surface area contributed by atoms with Gasteiger partial charge in [-0.1, -0.05) is 18.2 Å². The topological polar surface area (TPSA) is 43.8 Å². The Hall–Kier alpha value is -0.870. The molecule has 0 spiro atoms. The van der Waals surface area contributed by atoms with Crippen LogP contribution in [0.15, 0.2) is 22.8 Å². The zero-order valence-electron chi connectivity index (χ0n) is 9.57. The van der Waals surface area contributed by atoms with Crippen LogP contribution in [-0.2, 0) is 13.0 Å². The van der Waals surface area contributed by atoms with E-state index < -0.39 is 0 Å². The molecule has 0 amide bonds. The molecule has 86 valence electrons. The lowest BCUT2D eigenvalue weighted by Crippen LogP contribution is -2.18. The van der Waals surface area contributed by atoms with E-state index in [9.17, 15) is 0 Å². The third kappa shape index (κ3) is 1.99. The number of nitrogens with two attached hydrogens (primary N) is 1. The first-order chi connectivity index (χ1) is 7.63. The van der Waals surface area contributed by atoms with Crippen LogP contribution in [0.1, 0.15) is 19.4 Å². The molecule has 2 rings (SSSR count). The summed E-state index contributed by atoms with van der Waals surface area (Å²) in [4.78, 5) is 0. The largest absolute Gasteiger partial charge is 0.328 e. The molecule has 16 heavy (non-hydrogen) atoms. The van der Waals surface area contributed by atoms with Gasteiger partial charge in [-0.15, -0.1) is 0 Å². The van der Waals surface area contributed by atoms with E-state index >= 15 is 0 Å². The van der Waals surface area contributed by atoms with E-state index in [2.05, 4.69) is 46.2 Å². The van der Waals surface area contributed by atoms with Crippen LogP contribution >= 0.6 is 15.9 Å². The van der Waals surface area contributed by atoms with Gasteiger partial charge in [-0.3, -0.25) is 4.68 Å². The molecule has 2 N–H and O–H groups in total. The molecule has 0 saturated carbocycles. The first-order valence-corrected chi connectivity index (χ1v) is 6.32. The summed E-state index contributed by atoms with van der Waals surface area (Å²) in [5.74, 6) is 0. The summed E-state index contributed by atoms with van der Waals surface area (Å²) >= 11 is 3.50. The minimum Gasteiger partial charge on any atom is -0.328 e. The van der Waals surface area contributed by atoms with Gasteiger partial charge < -0.3 is 5.73 Å². The summed E-state index contributed by atoms with van der Waals surface area (Å²) in [6.45, 7) is 5.00. The smallest absolute Gasteiger partial charge is 0.136 e. The molecule has 1 heterocycles. The lowest BCUT2D eigenvalue weighted by molar-refractivity contribution is 0.670. The third-order valence-corrected chi connectivity index (χ3v) is 3.24. The molecule has 3 nitrogen and oxygen atoms in total. The minimum absolute atomic E-state index is 0.171. The van der Waals surface area contributed by atoms with Crippen molar-refractivity contribution in [1.82, 2.24) is 9.78 Å². The van der Waals surface area contributed by atoms with Gasteiger partial charge in [0.1, 0.15) is 4.60 Å². The van der Waals surface area contributed by atoms with Crippen molar-refractivity contribution >= 4 is 26.8 Å². The van der Waals surface area contributed by atoms with Crippen LogP contribution in [-0.4, -0.2) is 15.8 Å². The maximum Gasteiger partial charge on any atom is 0.136 e. The minimum atomic E-state index is 0.171. The Bertz CT molecular complexity index is 502. The van der Waals surface area contributed by atoms with Crippen LogP contribution in [0.4, 0.5) is 0 Å². The maximum atomic E-state index is 5.87. The number of aromatic nitrogens is 2. The van der Waals surface area contributed by atoms with E-state index in [4.69, 9.17) is 5.73 Å². The van der Waals surface area contributed by atoms with E-state index in [-0.39, 0.29) is 6.04 Å². The normalized spacial score (nSPS) is 13.2. The van der Waals surface area contributed by atoms with Crippen molar-refractivity contribution in [3.05, 3.63) is 28.4 Å². The second-order valence-corrected chi connectivity index (χ2v) is 4.85. The molecule has 1 atom stereocenters. The molecule has 0 aliphatic rings. The van der Waals surface area contributed by atoms with Gasteiger partial charge in [-0.2, -0.15) is 5.10 Å². The zero-order chi connectivity index (χ0) is 11.7. The summed E-state index contributed by atoms with van der Waals surface area (Å²) < 4.78 is 2.94. The highest BCUT2D eigenvalue weighted by Crippen LogP contribution is 2.26. The number of nitrogens with zero attached hydrogens (tertiary/aromatic N) is 2. The predicted molar refractivity (Wildman–Crippen MR) is 70.5 cm³/mol. The van der Waals surface area contributed by atoms with Crippen LogP contribution in [0.5, 0.6) is 0 Å². The molecule has 4 heteroatoms. The molecule has 0 aliphatic carbocycles. The summed E-state index contributed by atoms with van der Waals surface area (Å²) in [6.07, 6.45) is 0.884. The summed E-state index contributed by atoms with van der Waals surface area (Å²) in [6, 6.07) is 6.45. The van der Waals surface area contributed by atoms with E-state index in [1.54, 1.807) is 0 Å². The fourth-order valence-electron chi connectivity index (χ4n) is 2.01. The number of benzene rings is 1. The maximum absolute atomic E-state index is 5.87. The van der Waals surface area contributed by atoms with Crippen LogP contribution in [0.2, 0.25) is 0 Å². The summed E-state index contributed by atoms with van der Waals surface area (Å²) in [7, 11) is 0. The SMILES string of the molecule is CCn1nc(Br)c2cccc(CC(C)N)c21. The number of para-hydroxylation sites is 1. The van der Waals surface area contributed by atoms with Crippen LogP contribution in [0.3, 0.4) is 0 Å². The van der Waals surface area contributed by atoms with E-state index in [0.717, 1.165) is 17.6 Å². The predicted octanol–water partition coefficient (Wildman–Crippen LogP) is 2.71. The van der Waals surface area contributed by atoms with Crippen molar-refractivity contribution < 1.29 is 0 Å². The second kappa shape index (κ2) is 4.55.